The highest BCUT2D eigenvalue weighted by Crippen LogP contribution is 2.39. The monoisotopic (exact) mass is 237 g/mol. The predicted octanol–water partition coefficient (Wildman–Crippen LogP) is 3.11. The Kier molecular flexibility index (Phi) is 3.63. The van der Waals surface area contributed by atoms with Crippen molar-refractivity contribution in [3.63, 3.8) is 0 Å². The first-order valence-corrected chi connectivity index (χ1v) is 7.12. The van der Waals surface area contributed by atoms with Crippen molar-refractivity contribution in [3.8, 4) is 0 Å². The van der Waals surface area contributed by atoms with Gasteiger partial charge in [0.05, 0.1) is 0 Å². The van der Waals surface area contributed by atoms with Crippen LogP contribution in [0.3, 0.4) is 0 Å². The van der Waals surface area contributed by atoms with Gasteiger partial charge in [0.1, 0.15) is 5.78 Å². The number of hydrogen-bond acceptors (Lipinski definition) is 2. The molecule has 0 heterocycles. The number of rotatable bonds is 4. The van der Waals surface area contributed by atoms with Gasteiger partial charge in [0.25, 0.3) is 0 Å². The van der Waals surface area contributed by atoms with Gasteiger partial charge >= 0.3 is 0 Å². The fraction of sp³-hybridized carbons (Fsp3) is 0.933. The van der Waals surface area contributed by atoms with Crippen molar-refractivity contribution in [1.82, 2.24) is 4.90 Å². The van der Waals surface area contributed by atoms with E-state index in [1.54, 1.807) is 0 Å². The molecular formula is C15H27NO. The predicted molar refractivity (Wildman–Crippen MR) is 70.9 cm³/mol. The summed E-state index contributed by atoms with van der Waals surface area (Å²) in [7, 11) is 2.19. The first kappa shape index (κ1) is 13.1. The van der Waals surface area contributed by atoms with Gasteiger partial charge in [-0.05, 0) is 51.0 Å². The molecule has 0 N–H and O–H groups in total. The second-order valence-electron chi connectivity index (χ2n) is 7.05. The van der Waals surface area contributed by atoms with E-state index in [2.05, 4.69) is 32.7 Å². The van der Waals surface area contributed by atoms with Crippen LogP contribution < -0.4 is 0 Å². The number of carbonyl (C=O) groups is 1. The van der Waals surface area contributed by atoms with E-state index in [1.165, 1.54) is 12.8 Å². The Balaban J connectivity index is 1.89. The molecule has 2 rings (SSSR count). The van der Waals surface area contributed by atoms with E-state index in [9.17, 15) is 4.79 Å². The van der Waals surface area contributed by atoms with E-state index in [0.717, 1.165) is 31.7 Å². The van der Waals surface area contributed by atoms with Crippen LogP contribution in [-0.2, 0) is 4.79 Å². The van der Waals surface area contributed by atoms with Crippen molar-refractivity contribution >= 4 is 5.78 Å². The molecule has 0 bridgehead atoms. The van der Waals surface area contributed by atoms with Crippen LogP contribution in [0.1, 0.15) is 52.9 Å². The van der Waals surface area contributed by atoms with Crippen molar-refractivity contribution in [2.75, 3.05) is 13.6 Å². The zero-order valence-corrected chi connectivity index (χ0v) is 11.8. The maximum Gasteiger partial charge on any atom is 0.137 e. The fourth-order valence-corrected chi connectivity index (χ4v) is 3.17. The van der Waals surface area contributed by atoms with Crippen molar-refractivity contribution in [1.29, 1.82) is 0 Å². The van der Waals surface area contributed by atoms with Crippen molar-refractivity contribution in [2.45, 2.75) is 58.9 Å². The molecule has 2 unspecified atom stereocenters. The summed E-state index contributed by atoms with van der Waals surface area (Å²) in [5, 5.41) is 0. The summed E-state index contributed by atoms with van der Waals surface area (Å²) in [6.45, 7) is 7.89. The quantitative estimate of drug-likeness (QED) is 0.749. The molecule has 17 heavy (non-hydrogen) atoms. The lowest BCUT2D eigenvalue weighted by Crippen LogP contribution is -2.41. The van der Waals surface area contributed by atoms with E-state index in [0.29, 0.717) is 17.2 Å². The van der Waals surface area contributed by atoms with E-state index in [4.69, 9.17) is 0 Å². The Bertz CT molecular complexity index is 293. The van der Waals surface area contributed by atoms with Crippen molar-refractivity contribution < 1.29 is 4.79 Å². The summed E-state index contributed by atoms with van der Waals surface area (Å²) in [6, 6.07) is 0.660. The Morgan fingerprint density at radius 3 is 2.65 bits per heavy atom. The third-order valence-electron chi connectivity index (χ3n) is 4.81. The molecule has 0 aromatic rings. The van der Waals surface area contributed by atoms with Crippen LogP contribution in [-0.4, -0.2) is 30.3 Å². The number of carbonyl (C=O) groups excluding carboxylic acids is 1. The third-order valence-corrected chi connectivity index (χ3v) is 4.81. The molecule has 0 aliphatic heterocycles. The lowest BCUT2D eigenvalue weighted by molar-refractivity contribution is -0.127. The lowest BCUT2D eigenvalue weighted by atomic mass is 9.71. The molecule has 2 aliphatic rings. The zero-order valence-electron chi connectivity index (χ0n) is 11.8. The summed E-state index contributed by atoms with van der Waals surface area (Å²) in [5.41, 5.74) is 0.363. The largest absolute Gasteiger partial charge is 0.303 e. The normalized spacial score (nSPS) is 30.6. The molecule has 0 aromatic carbocycles. The van der Waals surface area contributed by atoms with Crippen molar-refractivity contribution in [3.05, 3.63) is 0 Å². The van der Waals surface area contributed by atoms with E-state index >= 15 is 0 Å². The van der Waals surface area contributed by atoms with Crippen LogP contribution in [0, 0.1) is 17.3 Å². The standard InChI is InChI=1S/C15H27NO/c1-11(12-5-6-12)16(4)10-13-9-15(2,3)8-7-14(13)17/h11-13H,5-10H2,1-4H3. The lowest BCUT2D eigenvalue weighted by Gasteiger charge is -2.37. The maximum absolute atomic E-state index is 12.0. The Morgan fingerprint density at radius 2 is 2.06 bits per heavy atom. The van der Waals surface area contributed by atoms with E-state index < -0.39 is 0 Å². The number of nitrogens with zero attached hydrogens (tertiary/aromatic N) is 1. The Labute approximate surface area is 106 Å². The van der Waals surface area contributed by atoms with Crippen LogP contribution in [0.4, 0.5) is 0 Å². The van der Waals surface area contributed by atoms with E-state index in [-0.39, 0.29) is 5.92 Å². The Hall–Kier alpha value is -0.370. The Morgan fingerprint density at radius 1 is 1.41 bits per heavy atom. The second kappa shape index (κ2) is 4.72. The number of ketones is 1. The topological polar surface area (TPSA) is 20.3 Å². The summed E-state index contributed by atoms with van der Waals surface area (Å²) < 4.78 is 0. The summed E-state index contributed by atoms with van der Waals surface area (Å²) in [5.74, 6) is 1.68. The molecule has 2 aliphatic carbocycles. The number of Topliss-reactive ketones (excluding diaryl/α,β-unsaturated/α-hetero) is 1. The third kappa shape index (κ3) is 3.31. The smallest absolute Gasteiger partial charge is 0.137 e. The van der Waals surface area contributed by atoms with Crippen molar-refractivity contribution in [2.24, 2.45) is 17.3 Å². The van der Waals surface area contributed by atoms with Crippen LogP contribution in [0.15, 0.2) is 0 Å². The summed E-state index contributed by atoms with van der Waals surface area (Å²) in [6.07, 6.45) is 5.71. The minimum Gasteiger partial charge on any atom is -0.303 e. The molecule has 98 valence electrons. The SMILES string of the molecule is CC(C1CC1)N(C)CC1CC(C)(C)CCC1=O. The average Bonchev–Trinajstić information content (AvgIpc) is 3.05. The van der Waals surface area contributed by atoms with Gasteiger partial charge in [-0.1, -0.05) is 13.8 Å². The highest BCUT2D eigenvalue weighted by Gasteiger charge is 2.36. The molecular weight excluding hydrogens is 210 g/mol. The molecule has 0 saturated heterocycles. The summed E-state index contributed by atoms with van der Waals surface area (Å²) >= 11 is 0. The molecule has 2 saturated carbocycles. The molecule has 2 heteroatoms. The minimum atomic E-state index is 0.282. The number of hydrogen-bond donors (Lipinski definition) is 0. The van der Waals surface area contributed by atoms with Gasteiger partial charge in [0.15, 0.2) is 0 Å². The summed E-state index contributed by atoms with van der Waals surface area (Å²) in [4.78, 5) is 14.4. The van der Waals surface area contributed by atoms with Crippen LogP contribution in [0.5, 0.6) is 0 Å². The van der Waals surface area contributed by atoms with Gasteiger partial charge in [-0.3, -0.25) is 4.79 Å². The highest BCUT2D eigenvalue weighted by atomic mass is 16.1. The maximum atomic E-state index is 12.0. The van der Waals surface area contributed by atoms with E-state index in [1.807, 2.05) is 0 Å². The zero-order chi connectivity index (χ0) is 12.6. The van der Waals surface area contributed by atoms with Gasteiger partial charge in [0, 0.05) is 24.9 Å². The van der Waals surface area contributed by atoms with Crippen LogP contribution in [0.2, 0.25) is 0 Å². The highest BCUT2D eigenvalue weighted by molar-refractivity contribution is 5.82. The molecule has 2 atom stereocenters. The van der Waals surface area contributed by atoms with Gasteiger partial charge < -0.3 is 4.90 Å². The van der Waals surface area contributed by atoms with Gasteiger partial charge in [0.2, 0.25) is 0 Å². The average molecular weight is 237 g/mol. The second-order valence-corrected chi connectivity index (χ2v) is 7.05. The molecule has 2 nitrogen and oxygen atoms in total. The molecule has 0 amide bonds. The van der Waals surface area contributed by atoms with Gasteiger partial charge in [-0.25, -0.2) is 0 Å². The molecule has 0 spiro atoms. The van der Waals surface area contributed by atoms with Crippen LogP contribution >= 0.6 is 0 Å². The molecule has 0 radical (unpaired) electrons. The first-order chi connectivity index (χ1) is 7.89. The minimum absolute atomic E-state index is 0.282. The van der Waals surface area contributed by atoms with Crippen LogP contribution in [0.25, 0.3) is 0 Å². The molecule has 0 aromatic heterocycles. The molecule has 2 fully saturated rings. The fourth-order valence-electron chi connectivity index (χ4n) is 3.17. The first-order valence-electron chi connectivity index (χ1n) is 7.12. The van der Waals surface area contributed by atoms with Gasteiger partial charge in [-0.15, -0.1) is 0 Å². The van der Waals surface area contributed by atoms with Gasteiger partial charge in [-0.2, -0.15) is 0 Å².